The van der Waals surface area contributed by atoms with Crippen LogP contribution in [0.1, 0.15) is 80.3 Å². The zero-order valence-electron chi connectivity index (χ0n) is 35.9. The highest BCUT2D eigenvalue weighted by Gasteiger charge is 2.50. The van der Waals surface area contributed by atoms with E-state index in [1.165, 1.54) is 77.3 Å². The number of rotatable bonds is 5. The number of carbonyl (C=O) groups is 4. The number of fused-ring (bicyclic) bond motifs is 14. The van der Waals surface area contributed by atoms with Crippen molar-refractivity contribution in [3.63, 3.8) is 0 Å². The number of hydrogen-bond acceptors (Lipinski definition) is 15. The van der Waals surface area contributed by atoms with Crippen LogP contribution in [0.2, 0.25) is 0 Å². The van der Waals surface area contributed by atoms with E-state index in [1.807, 2.05) is 0 Å². The predicted octanol–water partition coefficient (Wildman–Crippen LogP) is 5.10. The summed E-state index contributed by atoms with van der Waals surface area (Å²) >= 11 is 0. The number of hydrazone groups is 1. The molecular formula is C45H54N4O13. The van der Waals surface area contributed by atoms with E-state index in [-0.39, 0.29) is 39.0 Å². The van der Waals surface area contributed by atoms with E-state index in [2.05, 4.69) is 15.8 Å². The van der Waals surface area contributed by atoms with Gasteiger partial charge in [0.05, 0.1) is 53.0 Å². The molecule has 3 aromatic carbocycles. The van der Waals surface area contributed by atoms with Crippen molar-refractivity contribution in [1.29, 1.82) is 0 Å². The smallest absolute Gasteiger partial charge is 0.312 e. The number of ether oxygens (including phenoxy) is 4. The van der Waals surface area contributed by atoms with Crippen molar-refractivity contribution in [1.82, 2.24) is 5.43 Å². The monoisotopic (exact) mass is 858 g/mol. The summed E-state index contributed by atoms with van der Waals surface area (Å²) in [5.41, 5.74) is 7.63. The molecule has 0 spiro atoms. The number of aliphatic hydroxyl groups excluding tert-OH is 2. The number of aliphatic hydroxyl groups is 2. The molecule has 5 bridgehead atoms. The van der Waals surface area contributed by atoms with Crippen molar-refractivity contribution in [2.45, 2.75) is 85.6 Å². The number of nitrogen functional groups attached to an aromatic ring is 1. The van der Waals surface area contributed by atoms with Gasteiger partial charge >= 0.3 is 11.8 Å². The van der Waals surface area contributed by atoms with Crippen LogP contribution in [0.5, 0.6) is 23.0 Å². The Labute approximate surface area is 358 Å². The third kappa shape index (κ3) is 9.10. The van der Waals surface area contributed by atoms with Gasteiger partial charge in [-0.1, -0.05) is 45.9 Å². The predicted molar refractivity (Wildman–Crippen MR) is 230 cm³/mol. The molecule has 17 heteroatoms. The topological polar surface area (TPSA) is 269 Å². The number of amides is 2. The highest BCUT2D eigenvalue weighted by molar-refractivity contribution is 6.24. The molecule has 0 fully saturated rings. The fourth-order valence-electron chi connectivity index (χ4n) is 7.73. The first-order valence-corrected chi connectivity index (χ1v) is 19.9. The molecule has 0 unspecified atom stereocenters. The minimum absolute atomic E-state index is 0.0151. The van der Waals surface area contributed by atoms with E-state index in [0.717, 1.165) is 12.5 Å². The van der Waals surface area contributed by atoms with E-state index in [1.54, 1.807) is 33.8 Å². The van der Waals surface area contributed by atoms with Gasteiger partial charge in [0.2, 0.25) is 0 Å². The maximum atomic E-state index is 14.4. The molecule has 0 radical (unpaired) electrons. The Morgan fingerprint density at radius 1 is 0.935 bits per heavy atom. The first-order chi connectivity index (χ1) is 29.1. The number of nitrogens with zero attached hydrogens (tertiary/aromatic N) is 1. The lowest BCUT2D eigenvalue weighted by Gasteiger charge is -2.38. The van der Waals surface area contributed by atoms with Crippen LogP contribution in [0.3, 0.4) is 0 Å². The maximum absolute atomic E-state index is 14.4. The van der Waals surface area contributed by atoms with Crippen LogP contribution in [0, 0.1) is 30.6 Å². The molecule has 0 aliphatic carbocycles. The van der Waals surface area contributed by atoms with Gasteiger partial charge in [-0.15, -0.1) is 0 Å². The average molecular weight is 859 g/mol. The lowest BCUT2D eigenvalue weighted by atomic mass is 9.78. The average Bonchev–Trinajstić information content (AvgIpc) is 3.50. The minimum atomic E-state index is -2.12. The highest BCUT2D eigenvalue weighted by Crippen LogP contribution is 2.55. The molecule has 9 N–H and O–H groups in total. The number of anilines is 2. The molecule has 62 heavy (non-hydrogen) atoms. The van der Waals surface area contributed by atoms with Gasteiger partial charge in [-0.2, -0.15) is 5.10 Å². The molecule has 3 aliphatic heterocycles. The van der Waals surface area contributed by atoms with Gasteiger partial charge in [-0.05, 0) is 44.2 Å². The lowest BCUT2D eigenvalue weighted by molar-refractivity contribution is -0.160. The van der Waals surface area contributed by atoms with Crippen LogP contribution in [0.15, 0.2) is 65.5 Å². The van der Waals surface area contributed by atoms with E-state index in [9.17, 15) is 44.7 Å². The zero-order valence-corrected chi connectivity index (χ0v) is 35.9. The van der Waals surface area contributed by atoms with Crippen molar-refractivity contribution >= 4 is 51.9 Å². The number of phenolic OH excluding ortho intramolecular Hbond substituents is 3. The molecule has 3 heterocycles. The number of ketones is 1. The van der Waals surface area contributed by atoms with Crippen LogP contribution in [0.25, 0.3) is 10.8 Å². The number of benzene rings is 3. The van der Waals surface area contributed by atoms with Crippen molar-refractivity contribution in [3.05, 3.63) is 82.7 Å². The molecule has 3 aromatic rings. The summed E-state index contributed by atoms with van der Waals surface area (Å²) in [6, 6.07) is 5.93. The summed E-state index contributed by atoms with van der Waals surface area (Å²) in [5.74, 6) is -9.93. The Morgan fingerprint density at radius 3 is 2.23 bits per heavy atom. The molecule has 9 atom stereocenters. The second-order valence-corrected chi connectivity index (χ2v) is 15.9. The molecule has 3 aliphatic rings. The fraction of sp³-hybridized carbons (Fsp3) is 0.400. The Hall–Kier alpha value is -6.43. The van der Waals surface area contributed by atoms with E-state index < -0.39 is 106 Å². The van der Waals surface area contributed by atoms with Crippen LogP contribution in [-0.2, 0) is 23.8 Å². The summed E-state index contributed by atoms with van der Waals surface area (Å²) in [6.07, 6.45) is 4.11. The summed E-state index contributed by atoms with van der Waals surface area (Å²) in [6.45, 7) is 12.2. The van der Waals surface area contributed by atoms with Crippen molar-refractivity contribution in [2.75, 3.05) is 18.2 Å². The van der Waals surface area contributed by atoms with E-state index >= 15 is 0 Å². The number of esters is 1. The van der Waals surface area contributed by atoms with Crippen molar-refractivity contribution in [2.24, 2.45) is 28.8 Å². The number of carbonyl (C=O) groups excluding carboxylic acids is 4. The van der Waals surface area contributed by atoms with E-state index in [0.29, 0.717) is 5.69 Å². The molecule has 0 saturated heterocycles. The first kappa shape index (κ1) is 46.6. The Balaban J connectivity index is 1.70. The van der Waals surface area contributed by atoms with Crippen LogP contribution in [0.4, 0.5) is 11.4 Å². The van der Waals surface area contributed by atoms with Gasteiger partial charge in [0.1, 0.15) is 23.4 Å². The third-order valence-electron chi connectivity index (χ3n) is 11.6. The number of phenols is 3. The Kier molecular flexibility index (Phi) is 14.0. The summed E-state index contributed by atoms with van der Waals surface area (Å²) < 4.78 is 23.5. The third-order valence-corrected chi connectivity index (χ3v) is 11.6. The molecule has 6 rings (SSSR count). The van der Waals surface area contributed by atoms with Gasteiger partial charge in [-0.25, -0.2) is 5.43 Å². The fourth-order valence-corrected chi connectivity index (χ4v) is 7.73. The maximum Gasteiger partial charge on any atom is 0.312 e. The lowest BCUT2D eigenvalue weighted by Crippen LogP contribution is -2.46. The quantitative estimate of drug-likeness (QED) is 0.0415. The SMILES string of the molecule is CO[C@@H]1C=CO[C@@]2(C)Oc3c(C)c(O)c4c(O)c(c(C=NNC(=O)c5ccc(N)cc5)c(O)c4c3C2=O)NC(=O)C(C)=CC=C[C@H](C)[C@H](O)[C@H](C)[C@H](O)[C@H](C)[C@H](OC(C)=O)[C@H]1C. The van der Waals surface area contributed by atoms with Crippen LogP contribution >= 0.6 is 0 Å². The normalized spacial score (nSPS) is 27.2. The van der Waals surface area contributed by atoms with Gasteiger partial charge < -0.3 is 55.5 Å². The number of Topliss-reactive ketones (excluding diaryl/α,β-unsaturated/α-hetero) is 1. The van der Waals surface area contributed by atoms with Crippen LogP contribution in [-0.4, -0.2) is 92.6 Å². The largest absolute Gasteiger partial charge is 0.507 e. The minimum Gasteiger partial charge on any atom is -0.507 e. The highest BCUT2D eigenvalue weighted by atomic mass is 16.7. The van der Waals surface area contributed by atoms with Gasteiger partial charge in [0, 0.05) is 72.4 Å². The number of nitrogens with two attached hydrogens (primary N) is 1. The molecule has 0 saturated carbocycles. The second kappa shape index (κ2) is 18.7. The first-order valence-electron chi connectivity index (χ1n) is 19.9. The number of hydrogen-bond donors (Lipinski definition) is 8. The van der Waals surface area contributed by atoms with Crippen molar-refractivity contribution in [3.8, 4) is 23.0 Å². The van der Waals surface area contributed by atoms with Crippen molar-refractivity contribution < 1.29 is 63.7 Å². The number of methoxy groups -OCH3 is 1. The van der Waals surface area contributed by atoms with Crippen LogP contribution < -0.4 is 21.2 Å². The number of aromatic hydroxyl groups is 3. The van der Waals surface area contributed by atoms with E-state index in [4.69, 9.17) is 24.7 Å². The summed E-state index contributed by atoms with van der Waals surface area (Å²) in [7, 11) is 1.41. The number of nitrogens with one attached hydrogen (secondary N) is 2. The molecular weight excluding hydrogens is 805 g/mol. The Bertz CT molecular complexity index is 2370. The van der Waals surface area contributed by atoms with Gasteiger partial charge in [-0.3, -0.25) is 19.2 Å². The summed E-state index contributed by atoms with van der Waals surface area (Å²) in [4.78, 5) is 53.4. The number of allylic oxidation sites excluding steroid dienone is 2. The molecule has 2 amide bonds. The van der Waals surface area contributed by atoms with Gasteiger partial charge in [0.15, 0.2) is 5.75 Å². The second-order valence-electron chi connectivity index (χ2n) is 15.9. The molecule has 332 valence electrons. The molecule has 0 aromatic heterocycles. The van der Waals surface area contributed by atoms with Gasteiger partial charge in [0.25, 0.3) is 17.6 Å². The molecule has 17 nitrogen and oxygen atoms in total. The zero-order chi connectivity index (χ0) is 46.0. The standard InChI is InChI=1S/C45H54N4O13/c1-20-11-10-12-21(2)43(57)48-34-29(19-47-49-44(58)27-13-15-28(46)16-14-27)38(54)31-32(39(34)55)37(53)25(6)41-33(31)42(56)45(8,62-41)60-18-17-30(59-9)22(3)40(61-26(7)50)24(5)36(52)23(4)35(20)51/h10-20,22-24,30,35-36,40,51-55H,46H2,1-9H3,(H,48,57)(H,49,58)/t20-,22-,23-,24-,30+,35-,36-,40+,45-/m0/s1. The summed E-state index contributed by atoms with van der Waals surface area (Å²) in [5, 5.41) is 64.0. The Morgan fingerprint density at radius 2 is 1.60 bits per heavy atom.